The van der Waals surface area contributed by atoms with Gasteiger partial charge >= 0.3 is 0 Å². The molecule has 0 saturated carbocycles. The van der Waals surface area contributed by atoms with E-state index in [1.54, 1.807) is 23.5 Å². The van der Waals surface area contributed by atoms with E-state index >= 15 is 0 Å². The minimum Gasteiger partial charge on any atom is -0.212 e. The van der Waals surface area contributed by atoms with E-state index in [0.717, 1.165) is 17.1 Å². The SMILES string of the molecule is C[Si](C)(C)CCS(=O)(=O)N[C@@H](c1ccccc1)C1(C#N)SCCS1. The minimum atomic E-state index is -3.44. The maximum atomic E-state index is 12.7. The Hall–Kier alpha value is -0.463. The van der Waals surface area contributed by atoms with Gasteiger partial charge in [-0.1, -0.05) is 50.0 Å². The lowest BCUT2D eigenvalue weighted by atomic mass is 10.0. The van der Waals surface area contributed by atoms with Crippen molar-refractivity contribution < 1.29 is 8.42 Å². The van der Waals surface area contributed by atoms with E-state index in [1.165, 1.54) is 0 Å². The molecule has 1 aromatic rings. The molecule has 1 saturated heterocycles. The molecule has 0 aliphatic carbocycles. The molecule has 0 amide bonds. The van der Waals surface area contributed by atoms with Crippen LogP contribution in [0, 0.1) is 11.3 Å². The highest BCUT2D eigenvalue weighted by molar-refractivity contribution is 8.21. The summed E-state index contributed by atoms with van der Waals surface area (Å²) in [5.41, 5.74) is 0.845. The number of nitrogens with one attached hydrogen (secondary N) is 1. The zero-order chi connectivity index (χ0) is 17.8. The number of hydrogen-bond acceptors (Lipinski definition) is 5. The highest BCUT2D eigenvalue weighted by Gasteiger charge is 2.46. The van der Waals surface area contributed by atoms with Gasteiger partial charge in [0, 0.05) is 19.6 Å². The molecule has 2 rings (SSSR count). The van der Waals surface area contributed by atoms with E-state index in [-0.39, 0.29) is 5.75 Å². The Morgan fingerprint density at radius 3 is 2.33 bits per heavy atom. The van der Waals surface area contributed by atoms with Crippen LogP contribution in [0.15, 0.2) is 30.3 Å². The van der Waals surface area contributed by atoms with Gasteiger partial charge in [-0.2, -0.15) is 5.26 Å². The highest BCUT2D eigenvalue weighted by Crippen LogP contribution is 2.51. The zero-order valence-electron chi connectivity index (χ0n) is 14.3. The lowest BCUT2D eigenvalue weighted by Gasteiger charge is -2.31. The van der Waals surface area contributed by atoms with Gasteiger partial charge in [0.2, 0.25) is 10.0 Å². The van der Waals surface area contributed by atoms with Crippen LogP contribution in [0.3, 0.4) is 0 Å². The van der Waals surface area contributed by atoms with Gasteiger partial charge in [0.05, 0.1) is 17.9 Å². The maximum Gasteiger partial charge on any atom is 0.211 e. The van der Waals surface area contributed by atoms with Crippen molar-refractivity contribution in [3.05, 3.63) is 35.9 Å². The standard InChI is InChI=1S/C16H24N2O2S3Si/c1-24(2,3)12-11-23(19,20)18-15(14-7-5-4-6-8-14)16(13-17)21-9-10-22-16/h4-8,15,18H,9-12H2,1-3H3/t15-/m0/s1. The molecule has 0 aromatic heterocycles. The zero-order valence-corrected chi connectivity index (χ0v) is 17.7. The Morgan fingerprint density at radius 1 is 1.25 bits per heavy atom. The molecule has 132 valence electrons. The summed E-state index contributed by atoms with van der Waals surface area (Å²) in [4.78, 5) is 0. The Labute approximate surface area is 154 Å². The molecule has 8 heteroatoms. The van der Waals surface area contributed by atoms with E-state index in [0.29, 0.717) is 6.04 Å². The van der Waals surface area contributed by atoms with E-state index in [4.69, 9.17) is 0 Å². The van der Waals surface area contributed by atoms with Crippen LogP contribution in [0.2, 0.25) is 25.7 Å². The number of rotatable bonds is 7. The average Bonchev–Trinajstić information content (AvgIpc) is 3.01. The molecule has 0 bridgehead atoms. The molecule has 0 unspecified atom stereocenters. The van der Waals surface area contributed by atoms with E-state index in [2.05, 4.69) is 30.4 Å². The Balaban J connectivity index is 2.29. The van der Waals surface area contributed by atoms with Crippen LogP contribution in [0.4, 0.5) is 0 Å². The molecule has 1 heterocycles. The fourth-order valence-corrected chi connectivity index (χ4v) is 9.84. The second-order valence-corrected chi connectivity index (χ2v) is 17.5. The fraction of sp³-hybridized carbons (Fsp3) is 0.562. The van der Waals surface area contributed by atoms with Crippen LogP contribution in [0.1, 0.15) is 11.6 Å². The average molecular weight is 401 g/mol. The van der Waals surface area contributed by atoms with Gasteiger partial charge in [-0.15, -0.1) is 23.5 Å². The Morgan fingerprint density at radius 2 is 1.83 bits per heavy atom. The van der Waals surface area contributed by atoms with Gasteiger partial charge in [0.25, 0.3) is 0 Å². The van der Waals surface area contributed by atoms with E-state index in [1.807, 2.05) is 30.3 Å². The Kier molecular flexibility index (Phi) is 6.48. The van der Waals surface area contributed by atoms with Crippen molar-refractivity contribution in [2.45, 2.75) is 35.8 Å². The largest absolute Gasteiger partial charge is 0.212 e. The van der Waals surface area contributed by atoms with Gasteiger partial charge in [-0.05, 0) is 11.6 Å². The smallest absolute Gasteiger partial charge is 0.211 e. The first-order chi connectivity index (χ1) is 11.2. The number of hydrogen-bond donors (Lipinski definition) is 1. The van der Waals surface area contributed by atoms with Gasteiger partial charge in [0.15, 0.2) is 4.08 Å². The van der Waals surface area contributed by atoms with Crippen LogP contribution in [-0.4, -0.2) is 37.8 Å². The summed E-state index contributed by atoms with van der Waals surface area (Å²) in [6, 6.07) is 12.0. The monoisotopic (exact) mass is 400 g/mol. The molecule has 1 N–H and O–H groups in total. The lowest BCUT2D eigenvalue weighted by molar-refractivity contribution is 0.557. The molecule has 1 aromatic carbocycles. The quantitative estimate of drug-likeness (QED) is 0.707. The second-order valence-electron chi connectivity index (χ2n) is 7.07. The van der Waals surface area contributed by atoms with Gasteiger partial charge in [-0.3, -0.25) is 0 Å². The molecular formula is C16H24N2O2S3Si. The number of thioether (sulfide) groups is 2. The molecule has 0 spiro atoms. The predicted octanol–water partition coefficient (Wildman–Crippen LogP) is 3.69. The van der Waals surface area contributed by atoms with E-state index < -0.39 is 28.2 Å². The highest BCUT2D eigenvalue weighted by atomic mass is 32.2. The van der Waals surface area contributed by atoms with Gasteiger partial charge < -0.3 is 0 Å². The third-order valence-corrected chi connectivity index (χ3v) is 10.5. The topological polar surface area (TPSA) is 70.0 Å². The summed E-state index contributed by atoms with van der Waals surface area (Å²) in [7, 11) is -4.89. The summed E-state index contributed by atoms with van der Waals surface area (Å²) < 4.78 is 27.4. The van der Waals surface area contributed by atoms with Crippen LogP contribution in [-0.2, 0) is 10.0 Å². The normalized spacial score (nSPS) is 18.9. The summed E-state index contributed by atoms with van der Waals surface area (Å²) in [5, 5.41) is 9.78. The first-order valence-electron chi connectivity index (χ1n) is 7.92. The fourth-order valence-electron chi connectivity index (χ4n) is 2.41. The molecule has 24 heavy (non-hydrogen) atoms. The molecule has 1 aliphatic heterocycles. The first-order valence-corrected chi connectivity index (χ1v) is 15.2. The van der Waals surface area contributed by atoms with Crippen molar-refractivity contribution in [3.8, 4) is 6.07 Å². The number of sulfonamides is 1. The summed E-state index contributed by atoms with van der Waals surface area (Å²) in [6.07, 6.45) is 0. The third kappa shape index (κ3) is 5.26. The molecule has 1 fully saturated rings. The molecule has 1 aliphatic rings. The summed E-state index contributed by atoms with van der Waals surface area (Å²) >= 11 is 3.08. The summed E-state index contributed by atoms with van der Waals surface area (Å²) in [6.45, 7) is 6.49. The van der Waals surface area contributed by atoms with Crippen molar-refractivity contribution in [2.24, 2.45) is 0 Å². The van der Waals surface area contributed by atoms with Crippen molar-refractivity contribution >= 4 is 41.6 Å². The van der Waals surface area contributed by atoms with Crippen molar-refractivity contribution in [2.75, 3.05) is 17.3 Å². The van der Waals surface area contributed by atoms with Gasteiger partial charge in [-0.25, -0.2) is 13.1 Å². The molecular weight excluding hydrogens is 376 g/mol. The van der Waals surface area contributed by atoms with Crippen molar-refractivity contribution in [3.63, 3.8) is 0 Å². The van der Waals surface area contributed by atoms with Crippen LogP contribution >= 0.6 is 23.5 Å². The minimum absolute atomic E-state index is 0.128. The van der Waals surface area contributed by atoms with Crippen molar-refractivity contribution in [1.29, 1.82) is 5.26 Å². The summed E-state index contributed by atoms with van der Waals surface area (Å²) in [5.74, 6) is 1.85. The molecule has 1 atom stereocenters. The predicted molar refractivity (Wildman–Crippen MR) is 108 cm³/mol. The van der Waals surface area contributed by atoms with Gasteiger partial charge in [0.1, 0.15) is 0 Å². The van der Waals surface area contributed by atoms with Crippen LogP contribution in [0.5, 0.6) is 0 Å². The first kappa shape index (κ1) is 19.9. The maximum absolute atomic E-state index is 12.7. The molecule has 0 radical (unpaired) electrons. The van der Waals surface area contributed by atoms with Crippen LogP contribution < -0.4 is 4.72 Å². The third-order valence-electron chi connectivity index (χ3n) is 3.80. The second kappa shape index (κ2) is 7.83. The lowest BCUT2D eigenvalue weighted by Crippen LogP contribution is -2.42. The van der Waals surface area contributed by atoms with Crippen molar-refractivity contribution in [1.82, 2.24) is 4.72 Å². The number of benzene rings is 1. The number of nitrogens with zero attached hydrogens (tertiary/aromatic N) is 1. The Bertz CT molecular complexity index is 690. The van der Waals surface area contributed by atoms with E-state index in [9.17, 15) is 13.7 Å². The number of nitriles is 1. The van der Waals surface area contributed by atoms with Crippen LogP contribution in [0.25, 0.3) is 0 Å². The molecule has 4 nitrogen and oxygen atoms in total.